The Balaban J connectivity index is 1.59. The number of nitrogens with zero attached hydrogens (tertiary/aromatic N) is 4. The van der Waals surface area contributed by atoms with Gasteiger partial charge < -0.3 is 15.5 Å². The molecule has 0 aliphatic carbocycles. The van der Waals surface area contributed by atoms with Crippen molar-refractivity contribution in [2.45, 2.75) is 30.8 Å². The summed E-state index contributed by atoms with van der Waals surface area (Å²) in [4.78, 5) is 16.0. The fourth-order valence-electron chi connectivity index (χ4n) is 4.07. The Morgan fingerprint density at radius 3 is 2.82 bits per heavy atom. The lowest BCUT2D eigenvalue weighted by Gasteiger charge is -2.25. The normalized spacial score (nSPS) is 19.7. The quantitative estimate of drug-likeness (QED) is 0.720. The second kappa shape index (κ2) is 7.26. The van der Waals surface area contributed by atoms with Crippen LogP contribution in [0.25, 0.3) is 10.9 Å². The Morgan fingerprint density at radius 1 is 1.07 bits per heavy atom. The molecule has 1 fully saturated rings. The zero-order valence-electron chi connectivity index (χ0n) is 16.1. The SMILES string of the molecule is Cc1ccc2nc(N3CCSc4ccccc4C3)nc(N3CC[C@H](N)C3)c2c1. The summed E-state index contributed by atoms with van der Waals surface area (Å²) >= 11 is 1.92. The third-order valence-electron chi connectivity index (χ3n) is 5.58. The van der Waals surface area contributed by atoms with Gasteiger partial charge in [0.15, 0.2) is 0 Å². The molecule has 1 saturated heterocycles. The molecule has 2 aliphatic heterocycles. The zero-order valence-corrected chi connectivity index (χ0v) is 17.0. The predicted molar refractivity (Wildman–Crippen MR) is 117 cm³/mol. The number of benzene rings is 2. The highest BCUT2D eigenvalue weighted by Gasteiger charge is 2.25. The first-order valence-corrected chi connectivity index (χ1v) is 10.9. The standard InChI is InChI=1S/C22H25N5S/c1-15-6-7-19-18(12-15)21(26-9-8-17(23)14-26)25-22(24-19)27-10-11-28-20-5-3-2-4-16(20)13-27/h2-7,12,17H,8-11,13-14,23H2,1H3/t17-/m0/s1. The van der Waals surface area contributed by atoms with E-state index in [0.29, 0.717) is 0 Å². The molecule has 2 aliphatic rings. The van der Waals surface area contributed by atoms with E-state index in [1.54, 1.807) is 0 Å². The molecule has 0 saturated carbocycles. The van der Waals surface area contributed by atoms with Crippen molar-refractivity contribution in [1.29, 1.82) is 0 Å². The van der Waals surface area contributed by atoms with Crippen molar-refractivity contribution >= 4 is 34.4 Å². The van der Waals surface area contributed by atoms with Crippen LogP contribution in [-0.4, -0.2) is 41.4 Å². The van der Waals surface area contributed by atoms with E-state index >= 15 is 0 Å². The molecule has 5 rings (SSSR count). The maximum Gasteiger partial charge on any atom is 0.228 e. The van der Waals surface area contributed by atoms with Gasteiger partial charge in [-0.2, -0.15) is 4.98 Å². The molecule has 0 amide bonds. The van der Waals surface area contributed by atoms with Gasteiger partial charge in [-0.15, -0.1) is 11.8 Å². The van der Waals surface area contributed by atoms with Crippen molar-refractivity contribution in [2.24, 2.45) is 5.73 Å². The van der Waals surface area contributed by atoms with Gasteiger partial charge in [0, 0.05) is 48.3 Å². The maximum atomic E-state index is 6.19. The number of hydrogen-bond acceptors (Lipinski definition) is 6. The number of rotatable bonds is 2. The highest BCUT2D eigenvalue weighted by molar-refractivity contribution is 7.99. The number of fused-ring (bicyclic) bond motifs is 2. The van der Waals surface area contributed by atoms with Crippen molar-refractivity contribution in [3.8, 4) is 0 Å². The molecule has 0 spiro atoms. The van der Waals surface area contributed by atoms with Crippen LogP contribution in [0.5, 0.6) is 0 Å². The lowest BCUT2D eigenvalue weighted by molar-refractivity contribution is 0.751. The molecular weight excluding hydrogens is 366 g/mol. The van der Waals surface area contributed by atoms with Crippen molar-refractivity contribution in [3.05, 3.63) is 53.6 Å². The van der Waals surface area contributed by atoms with E-state index in [4.69, 9.17) is 15.7 Å². The summed E-state index contributed by atoms with van der Waals surface area (Å²) in [5.74, 6) is 2.89. The first kappa shape index (κ1) is 17.8. The summed E-state index contributed by atoms with van der Waals surface area (Å²) in [6, 6.07) is 15.3. The minimum absolute atomic E-state index is 0.222. The van der Waals surface area contributed by atoms with Gasteiger partial charge in [0.2, 0.25) is 5.95 Å². The molecular formula is C22H25N5S. The van der Waals surface area contributed by atoms with Gasteiger partial charge >= 0.3 is 0 Å². The third kappa shape index (κ3) is 3.31. The second-order valence-electron chi connectivity index (χ2n) is 7.74. The molecule has 28 heavy (non-hydrogen) atoms. The molecule has 0 bridgehead atoms. The fraction of sp³-hybridized carbons (Fsp3) is 0.364. The van der Waals surface area contributed by atoms with Crippen LogP contribution >= 0.6 is 11.8 Å². The van der Waals surface area contributed by atoms with Crippen LogP contribution in [0.3, 0.4) is 0 Å². The monoisotopic (exact) mass is 391 g/mol. The van der Waals surface area contributed by atoms with E-state index in [-0.39, 0.29) is 6.04 Å². The average molecular weight is 392 g/mol. The molecule has 0 unspecified atom stereocenters. The van der Waals surface area contributed by atoms with Crippen LogP contribution < -0.4 is 15.5 Å². The number of aromatic nitrogens is 2. The van der Waals surface area contributed by atoms with Gasteiger partial charge in [-0.1, -0.05) is 29.8 Å². The van der Waals surface area contributed by atoms with Crippen LogP contribution in [0, 0.1) is 6.92 Å². The van der Waals surface area contributed by atoms with Gasteiger partial charge in [-0.05, 0) is 37.1 Å². The summed E-state index contributed by atoms with van der Waals surface area (Å²) in [6.07, 6.45) is 1.01. The van der Waals surface area contributed by atoms with Crippen LogP contribution in [0.1, 0.15) is 17.5 Å². The first-order chi connectivity index (χ1) is 13.7. The number of thioether (sulfide) groups is 1. The Kier molecular flexibility index (Phi) is 4.61. The summed E-state index contributed by atoms with van der Waals surface area (Å²) < 4.78 is 0. The largest absolute Gasteiger partial charge is 0.354 e. The maximum absolute atomic E-state index is 6.19. The van der Waals surface area contributed by atoms with Crippen molar-refractivity contribution in [3.63, 3.8) is 0 Å². The Hall–Kier alpha value is -2.31. The summed E-state index contributed by atoms with van der Waals surface area (Å²) in [7, 11) is 0. The minimum Gasteiger partial charge on any atom is -0.354 e. The van der Waals surface area contributed by atoms with E-state index in [2.05, 4.69) is 59.2 Å². The van der Waals surface area contributed by atoms with Gasteiger partial charge in [-0.25, -0.2) is 4.98 Å². The molecule has 3 heterocycles. The summed E-state index contributed by atoms with van der Waals surface area (Å²) in [6.45, 7) is 5.72. The highest BCUT2D eigenvalue weighted by Crippen LogP contribution is 2.32. The van der Waals surface area contributed by atoms with Crippen molar-refractivity contribution in [1.82, 2.24) is 9.97 Å². The molecule has 1 atom stereocenters. The Labute approximate surface area is 170 Å². The van der Waals surface area contributed by atoms with Gasteiger partial charge in [0.25, 0.3) is 0 Å². The molecule has 2 N–H and O–H groups in total. The molecule has 6 heteroatoms. The topological polar surface area (TPSA) is 58.3 Å². The van der Waals surface area contributed by atoms with Crippen LogP contribution in [0.4, 0.5) is 11.8 Å². The number of hydrogen-bond donors (Lipinski definition) is 1. The number of anilines is 2. The van der Waals surface area contributed by atoms with Gasteiger partial charge in [0.1, 0.15) is 5.82 Å². The number of aryl methyl sites for hydroxylation is 1. The van der Waals surface area contributed by atoms with Crippen molar-refractivity contribution in [2.75, 3.05) is 35.2 Å². The van der Waals surface area contributed by atoms with E-state index in [1.807, 2.05) is 11.8 Å². The average Bonchev–Trinajstić information content (AvgIpc) is 3.01. The molecule has 2 aromatic carbocycles. The van der Waals surface area contributed by atoms with E-state index in [1.165, 1.54) is 16.0 Å². The zero-order chi connectivity index (χ0) is 19.1. The summed E-state index contributed by atoms with van der Waals surface area (Å²) in [5, 5.41) is 1.13. The fourth-order valence-corrected chi connectivity index (χ4v) is 5.10. The smallest absolute Gasteiger partial charge is 0.228 e. The second-order valence-corrected chi connectivity index (χ2v) is 8.88. The molecule has 1 aromatic heterocycles. The predicted octanol–water partition coefficient (Wildman–Crippen LogP) is 3.59. The van der Waals surface area contributed by atoms with Crippen LogP contribution in [0.15, 0.2) is 47.4 Å². The van der Waals surface area contributed by atoms with E-state index < -0.39 is 0 Å². The molecule has 5 nitrogen and oxygen atoms in total. The molecule has 0 radical (unpaired) electrons. The Morgan fingerprint density at radius 2 is 1.96 bits per heavy atom. The van der Waals surface area contributed by atoms with Gasteiger partial charge in [-0.3, -0.25) is 0 Å². The Bertz CT molecular complexity index is 1020. The first-order valence-electron chi connectivity index (χ1n) is 9.92. The van der Waals surface area contributed by atoms with E-state index in [0.717, 1.165) is 61.0 Å². The molecule has 144 valence electrons. The molecule has 3 aromatic rings. The summed E-state index contributed by atoms with van der Waals surface area (Å²) in [5.41, 5.74) is 9.78. The van der Waals surface area contributed by atoms with E-state index in [9.17, 15) is 0 Å². The lowest BCUT2D eigenvalue weighted by atomic mass is 10.1. The van der Waals surface area contributed by atoms with Gasteiger partial charge in [0.05, 0.1) is 5.52 Å². The lowest BCUT2D eigenvalue weighted by Crippen LogP contribution is -2.29. The third-order valence-corrected chi connectivity index (χ3v) is 6.67. The highest BCUT2D eigenvalue weighted by atomic mass is 32.2. The van der Waals surface area contributed by atoms with Crippen LogP contribution in [0.2, 0.25) is 0 Å². The van der Waals surface area contributed by atoms with Crippen LogP contribution in [-0.2, 0) is 6.54 Å². The number of nitrogens with two attached hydrogens (primary N) is 1. The minimum atomic E-state index is 0.222. The van der Waals surface area contributed by atoms with Crippen molar-refractivity contribution < 1.29 is 0 Å².